The molecule has 3 heteroatoms. The van der Waals surface area contributed by atoms with Gasteiger partial charge in [-0.2, -0.15) is 0 Å². The van der Waals surface area contributed by atoms with Crippen LogP contribution in [0.15, 0.2) is 48.1 Å². The molecule has 1 aromatic carbocycles. The lowest BCUT2D eigenvalue weighted by atomic mass is 9.89. The molecule has 3 nitrogen and oxygen atoms in total. The Bertz CT molecular complexity index is 618. The monoisotopic (exact) mass is 311 g/mol. The van der Waals surface area contributed by atoms with Crippen molar-refractivity contribution in [3.8, 4) is 0 Å². The molecule has 0 aliphatic carbocycles. The van der Waals surface area contributed by atoms with Crippen molar-refractivity contribution in [1.82, 2.24) is 4.90 Å². The topological polar surface area (TPSA) is 29.5 Å². The van der Waals surface area contributed by atoms with E-state index in [1.165, 1.54) is 24.0 Å². The van der Waals surface area contributed by atoms with Crippen molar-refractivity contribution in [2.45, 2.75) is 45.3 Å². The maximum absolute atomic E-state index is 11.8. The number of fused-ring (bicyclic) bond motifs is 3. The third kappa shape index (κ3) is 3.11. The normalized spacial score (nSPS) is 26.6. The zero-order valence-electron chi connectivity index (χ0n) is 14.0. The molecule has 2 unspecified atom stereocenters. The summed E-state index contributed by atoms with van der Waals surface area (Å²) in [6, 6.07) is 10.7. The van der Waals surface area contributed by atoms with Gasteiger partial charge in [0.15, 0.2) is 0 Å². The van der Waals surface area contributed by atoms with E-state index < -0.39 is 0 Å². The summed E-state index contributed by atoms with van der Waals surface area (Å²) in [5.74, 6) is -0.191. The van der Waals surface area contributed by atoms with E-state index in [1.54, 1.807) is 6.08 Å². The number of carbonyl (C=O) groups is 1. The highest BCUT2D eigenvalue weighted by Crippen LogP contribution is 2.38. The lowest BCUT2D eigenvalue weighted by Gasteiger charge is -2.37. The van der Waals surface area contributed by atoms with Crippen LogP contribution in [0.1, 0.15) is 38.7 Å². The number of carbonyl (C=O) groups excluding carboxylic acids is 1. The van der Waals surface area contributed by atoms with Gasteiger partial charge in [0, 0.05) is 18.2 Å². The van der Waals surface area contributed by atoms with Crippen LogP contribution in [0.2, 0.25) is 0 Å². The van der Waals surface area contributed by atoms with E-state index in [0.717, 1.165) is 25.1 Å². The molecule has 122 valence electrons. The van der Waals surface area contributed by atoms with Crippen molar-refractivity contribution >= 4 is 11.5 Å². The minimum atomic E-state index is -0.191. The fourth-order valence-corrected chi connectivity index (χ4v) is 3.76. The maximum Gasteiger partial charge on any atom is 0.331 e. The molecule has 0 aromatic heterocycles. The van der Waals surface area contributed by atoms with Gasteiger partial charge in [0.25, 0.3) is 0 Å². The number of esters is 1. The quantitative estimate of drug-likeness (QED) is 0.739. The third-order valence-corrected chi connectivity index (χ3v) is 4.76. The Labute approximate surface area is 138 Å². The van der Waals surface area contributed by atoms with Gasteiger partial charge in [-0.1, -0.05) is 56.7 Å². The second kappa shape index (κ2) is 7.14. The molecule has 23 heavy (non-hydrogen) atoms. The molecule has 3 heterocycles. The first kappa shape index (κ1) is 16.0. The summed E-state index contributed by atoms with van der Waals surface area (Å²) in [6.45, 7) is 6.05. The molecule has 0 saturated carbocycles. The number of nitrogens with zero attached hydrogens (tertiary/aromatic N) is 1. The average molecular weight is 311 g/mol. The van der Waals surface area contributed by atoms with Crippen LogP contribution < -0.4 is 0 Å². The molecular formula is C20H25NO2. The Kier molecular flexibility index (Phi) is 4.97. The highest BCUT2D eigenvalue weighted by molar-refractivity contribution is 5.94. The summed E-state index contributed by atoms with van der Waals surface area (Å²) in [5, 5.41) is 0. The Morgan fingerprint density at radius 2 is 1.91 bits per heavy atom. The van der Waals surface area contributed by atoms with Crippen LogP contribution in [0.25, 0.3) is 5.57 Å². The Morgan fingerprint density at radius 3 is 2.70 bits per heavy atom. The largest absolute Gasteiger partial charge is 0.453 e. The number of hydrogen-bond donors (Lipinski definition) is 0. The molecule has 0 N–H and O–H groups in total. The molecule has 1 saturated heterocycles. The zero-order chi connectivity index (χ0) is 16.2. The Morgan fingerprint density at radius 1 is 1.13 bits per heavy atom. The number of piperidine rings is 1. The lowest BCUT2D eigenvalue weighted by molar-refractivity contribution is -0.141. The van der Waals surface area contributed by atoms with Gasteiger partial charge in [-0.3, -0.25) is 4.90 Å². The Hall–Kier alpha value is -1.87. The van der Waals surface area contributed by atoms with Gasteiger partial charge in [-0.15, -0.1) is 0 Å². The second-order valence-electron chi connectivity index (χ2n) is 6.00. The van der Waals surface area contributed by atoms with Crippen molar-refractivity contribution in [3.63, 3.8) is 0 Å². The minimum Gasteiger partial charge on any atom is -0.453 e. The van der Waals surface area contributed by atoms with Gasteiger partial charge in [0.1, 0.15) is 6.10 Å². The highest BCUT2D eigenvalue weighted by atomic mass is 16.5. The van der Waals surface area contributed by atoms with Crippen LogP contribution in [0.5, 0.6) is 0 Å². The number of hydrogen-bond acceptors (Lipinski definition) is 3. The molecule has 3 aliphatic rings. The van der Waals surface area contributed by atoms with E-state index in [9.17, 15) is 4.79 Å². The van der Waals surface area contributed by atoms with Gasteiger partial charge in [0.05, 0.1) is 6.04 Å². The molecule has 4 rings (SSSR count). The number of rotatable bonds is 1. The third-order valence-electron chi connectivity index (χ3n) is 4.76. The summed E-state index contributed by atoms with van der Waals surface area (Å²) >= 11 is 0. The molecule has 1 aromatic rings. The van der Waals surface area contributed by atoms with Crippen LogP contribution in [0.4, 0.5) is 0 Å². The van der Waals surface area contributed by atoms with Gasteiger partial charge in [0.2, 0.25) is 0 Å². The van der Waals surface area contributed by atoms with E-state index in [4.69, 9.17) is 4.74 Å². The molecule has 0 bridgehead atoms. The second-order valence-corrected chi connectivity index (χ2v) is 6.00. The van der Waals surface area contributed by atoms with Crippen molar-refractivity contribution in [2.24, 2.45) is 0 Å². The van der Waals surface area contributed by atoms with Gasteiger partial charge in [-0.05, 0) is 30.5 Å². The smallest absolute Gasteiger partial charge is 0.331 e. The van der Waals surface area contributed by atoms with Gasteiger partial charge >= 0.3 is 5.97 Å². The minimum absolute atomic E-state index is 0.0910. The molecule has 0 spiro atoms. The van der Waals surface area contributed by atoms with Crippen molar-refractivity contribution in [2.75, 3.05) is 13.1 Å². The first-order valence-corrected chi connectivity index (χ1v) is 8.75. The first-order chi connectivity index (χ1) is 11.3. The first-order valence-electron chi connectivity index (χ1n) is 8.75. The maximum atomic E-state index is 11.8. The standard InChI is InChI=1S/C18H19NO2.C2H6/c20-17-12-15-14(13-6-2-1-3-7-13)9-11-19-10-5-4-8-16(19)18(15)21-17;1-2/h1-3,6-7,9,12,16,18H,4-5,8,10-11H2;1-2H3. The van der Waals surface area contributed by atoms with E-state index in [2.05, 4.69) is 23.1 Å². The lowest BCUT2D eigenvalue weighted by Crippen LogP contribution is -2.46. The summed E-state index contributed by atoms with van der Waals surface area (Å²) in [6.07, 6.45) is 7.45. The van der Waals surface area contributed by atoms with Crippen LogP contribution in [0, 0.1) is 0 Å². The van der Waals surface area contributed by atoms with Crippen LogP contribution in [-0.4, -0.2) is 36.1 Å². The number of ether oxygens (including phenoxy) is 1. The molecule has 3 aliphatic heterocycles. The highest BCUT2D eigenvalue weighted by Gasteiger charge is 2.40. The molecule has 0 amide bonds. The number of benzene rings is 1. The van der Waals surface area contributed by atoms with Gasteiger partial charge < -0.3 is 4.74 Å². The van der Waals surface area contributed by atoms with Crippen molar-refractivity contribution in [3.05, 3.63) is 53.6 Å². The van der Waals surface area contributed by atoms with Crippen LogP contribution >= 0.6 is 0 Å². The molecular weight excluding hydrogens is 286 g/mol. The van der Waals surface area contributed by atoms with Crippen LogP contribution in [-0.2, 0) is 9.53 Å². The van der Waals surface area contributed by atoms with Crippen LogP contribution in [0.3, 0.4) is 0 Å². The summed E-state index contributed by atoms with van der Waals surface area (Å²) < 4.78 is 5.65. The van der Waals surface area contributed by atoms with Crippen molar-refractivity contribution < 1.29 is 9.53 Å². The predicted octanol–water partition coefficient (Wildman–Crippen LogP) is 3.82. The van der Waals surface area contributed by atoms with E-state index >= 15 is 0 Å². The van der Waals surface area contributed by atoms with E-state index in [-0.39, 0.29) is 12.1 Å². The predicted molar refractivity (Wildman–Crippen MR) is 92.9 cm³/mol. The Balaban J connectivity index is 0.000000753. The molecule has 2 atom stereocenters. The fraction of sp³-hybridized carbons (Fsp3) is 0.450. The summed E-state index contributed by atoms with van der Waals surface area (Å²) in [4.78, 5) is 14.3. The van der Waals surface area contributed by atoms with E-state index in [0.29, 0.717) is 6.04 Å². The molecule has 1 fully saturated rings. The van der Waals surface area contributed by atoms with Gasteiger partial charge in [-0.25, -0.2) is 4.79 Å². The fourth-order valence-electron chi connectivity index (χ4n) is 3.76. The zero-order valence-corrected chi connectivity index (χ0v) is 14.0. The van der Waals surface area contributed by atoms with E-state index in [1.807, 2.05) is 32.0 Å². The summed E-state index contributed by atoms with van der Waals surface area (Å²) in [7, 11) is 0. The SMILES string of the molecule is CC.O=C1C=C2C(c3ccccc3)=CCN3CCCCC3C2O1. The average Bonchev–Trinajstić information content (AvgIpc) is 2.93. The van der Waals surface area contributed by atoms with Crippen molar-refractivity contribution in [1.29, 1.82) is 0 Å². The summed E-state index contributed by atoms with van der Waals surface area (Å²) in [5.41, 5.74) is 3.41. The molecule has 0 radical (unpaired) electrons.